The lowest BCUT2D eigenvalue weighted by molar-refractivity contribution is -0.132. The molecule has 2 aromatic rings. The van der Waals surface area contributed by atoms with Crippen LogP contribution in [0.2, 0.25) is 0 Å². The van der Waals surface area contributed by atoms with E-state index in [9.17, 15) is 14.4 Å². The molecule has 3 amide bonds. The van der Waals surface area contributed by atoms with Crippen LogP contribution in [-0.4, -0.2) is 61.9 Å². The molecular weight excluding hydrogens is 416 g/mol. The molecule has 0 bridgehead atoms. The number of piperazine rings is 1. The van der Waals surface area contributed by atoms with E-state index in [4.69, 9.17) is 0 Å². The van der Waals surface area contributed by atoms with Crippen LogP contribution in [0.15, 0.2) is 48.5 Å². The number of benzene rings is 2. The molecular formula is C26H32N4O3. The zero-order valence-electron chi connectivity index (χ0n) is 19.4. The van der Waals surface area contributed by atoms with Crippen LogP contribution in [0.4, 0.5) is 11.4 Å². The summed E-state index contributed by atoms with van der Waals surface area (Å²) in [6.07, 6.45) is 0.742. The van der Waals surface area contributed by atoms with Gasteiger partial charge in [0.1, 0.15) is 5.92 Å². The highest BCUT2D eigenvalue weighted by molar-refractivity contribution is 6.09. The van der Waals surface area contributed by atoms with Gasteiger partial charge in [-0.2, -0.15) is 0 Å². The van der Waals surface area contributed by atoms with E-state index in [1.54, 1.807) is 4.90 Å². The van der Waals surface area contributed by atoms with E-state index in [2.05, 4.69) is 22.3 Å². The third-order valence-corrected chi connectivity index (χ3v) is 6.72. The fourth-order valence-electron chi connectivity index (χ4n) is 4.50. The van der Waals surface area contributed by atoms with E-state index in [1.165, 1.54) is 11.3 Å². The summed E-state index contributed by atoms with van der Waals surface area (Å²) in [5.74, 6) is -1.10. The highest BCUT2D eigenvalue weighted by Gasteiger charge is 2.37. The molecule has 0 aromatic heterocycles. The normalized spacial score (nSPS) is 18.5. The number of hydrogen-bond acceptors (Lipinski definition) is 4. The third-order valence-electron chi connectivity index (χ3n) is 6.72. The number of nitrogens with zero attached hydrogens (tertiary/aromatic N) is 3. The number of nitrogens with one attached hydrogen (secondary N) is 1. The molecule has 7 nitrogen and oxygen atoms in total. The van der Waals surface area contributed by atoms with Crippen molar-refractivity contribution in [2.24, 2.45) is 5.92 Å². The van der Waals surface area contributed by atoms with Gasteiger partial charge in [0.2, 0.25) is 17.7 Å². The van der Waals surface area contributed by atoms with E-state index >= 15 is 0 Å². The average Bonchev–Trinajstić information content (AvgIpc) is 3.22. The second-order valence-electron chi connectivity index (χ2n) is 8.84. The fraction of sp³-hybridized carbons (Fsp3) is 0.423. The molecule has 2 heterocycles. The Morgan fingerprint density at radius 2 is 1.64 bits per heavy atom. The molecule has 174 valence electrons. The number of para-hydroxylation sites is 1. The monoisotopic (exact) mass is 448 g/mol. The molecule has 2 aliphatic heterocycles. The second-order valence-corrected chi connectivity index (χ2v) is 8.84. The molecule has 1 N–H and O–H groups in total. The topological polar surface area (TPSA) is 73.0 Å². The summed E-state index contributed by atoms with van der Waals surface area (Å²) in [6, 6.07) is 16.1. The van der Waals surface area contributed by atoms with Crippen molar-refractivity contribution in [3.63, 3.8) is 0 Å². The second kappa shape index (κ2) is 10.1. The van der Waals surface area contributed by atoms with E-state index in [0.717, 1.165) is 24.3 Å². The summed E-state index contributed by atoms with van der Waals surface area (Å²) < 4.78 is 0. The summed E-state index contributed by atoms with van der Waals surface area (Å²) >= 11 is 0. The van der Waals surface area contributed by atoms with Crippen molar-refractivity contribution in [2.45, 2.75) is 26.7 Å². The Bertz CT molecular complexity index is 1020. The summed E-state index contributed by atoms with van der Waals surface area (Å²) in [4.78, 5) is 43.8. The van der Waals surface area contributed by atoms with Crippen molar-refractivity contribution >= 4 is 29.1 Å². The maximum Gasteiger partial charge on any atom is 0.239 e. The average molecular weight is 449 g/mol. The van der Waals surface area contributed by atoms with Crippen molar-refractivity contribution in [3.05, 3.63) is 59.7 Å². The van der Waals surface area contributed by atoms with Gasteiger partial charge >= 0.3 is 0 Å². The van der Waals surface area contributed by atoms with Crippen molar-refractivity contribution in [3.8, 4) is 0 Å². The molecule has 1 atom stereocenters. The lowest BCUT2D eigenvalue weighted by atomic mass is 10.1. The Balaban J connectivity index is 1.21. The lowest BCUT2D eigenvalue weighted by Gasteiger charge is -2.36. The van der Waals surface area contributed by atoms with Gasteiger partial charge in [0.05, 0.1) is 0 Å². The van der Waals surface area contributed by atoms with Crippen LogP contribution in [-0.2, 0) is 14.4 Å². The Hall–Kier alpha value is -3.35. The van der Waals surface area contributed by atoms with Crippen LogP contribution in [0.25, 0.3) is 0 Å². The molecule has 4 rings (SSSR count). The minimum Gasteiger partial charge on any atom is -0.368 e. The first-order valence-corrected chi connectivity index (χ1v) is 11.7. The first-order valence-electron chi connectivity index (χ1n) is 11.7. The molecule has 2 aliphatic rings. The van der Waals surface area contributed by atoms with Crippen LogP contribution in [0.1, 0.15) is 24.0 Å². The maximum absolute atomic E-state index is 12.8. The molecule has 33 heavy (non-hydrogen) atoms. The van der Waals surface area contributed by atoms with Gasteiger partial charge in [-0.3, -0.25) is 14.4 Å². The van der Waals surface area contributed by atoms with Crippen LogP contribution in [0, 0.1) is 19.8 Å². The molecule has 0 radical (unpaired) electrons. The predicted molar refractivity (Wildman–Crippen MR) is 129 cm³/mol. The van der Waals surface area contributed by atoms with Crippen LogP contribution in [0.3, 0.4) is 0 Å². The zero-order chi connectivity index (χ0) is 23.4. The van der Waals surface area contributed by atoms with Gasteiger partial charge in [0, 0.05) is 57.1 Å². The molecule has 7 heteroatoms. The number of rotatable bonds is 6. The quantitative estimate of drug-likeness (QED) is 0.690. The van der Waals surface area contributed by atoms with Crippen molar-refractivity contribution in [1.82, 2.24) is 10.2 Å². The first kappa shape index (κ1) is 22.8. The molecule has 2 aromatic carbocycles. The van der Waals surface area contributed by atoms with Gasteiger partial charge in [-0.15, -0.1) is 0 Å². The summed E-state index contributed by atoms with van der Waals surface area (Å²) in [7, 11) is 0. The number of amides is 3. The van der Waals surface area contributed by atoms with Crippen LogP contribution in [0.5, 0.6) is 0 Å². The third kappa shape index (κ3) is 5.18. The number of carbonyl (C=O) groups excluding carboxylic acids is 3. The Morgan fingerprint density at radius 3 is 2.33 bits per heavy atom. The first-order chi connectivity index (χ1) is 15.9. The van der Waals surface area contributed by atoms with Crippen LogP contribution < -0.4 is 15.1 Å². The van der Waals surface area contributed by atoms with E-state index < -0.39 is 5.92 Å². The Morgan fingerprint density at radius 1 is 0.909 bits per heavy atom. The molecule has 2 fully saturated rings. The van der Waals surface area contributed by atoms with E-state index in [-0.39, 0.29) is 30.7 Å². The van der Waals surface area contributed by atoms with Crippen LogP contribution >= 0.6 is 0 Å². The summed E-state index contributed by atoms with van der Waals surface area (Å²) in [5, 5.41) is 2.81. The van der Waals surface area contributed by atoms with Gasteiger partial charge in [-0.25, -0.2) is 0 Å². The minimum atomic E-state index is -0.684. The highest BCUT2D eigenvalue weighted by atomic mass is 16.2. The smallest absolute Gasteiger partial charge is 0.239 e. The molecule has 2 saturated heterocycles. The fourth-order valence-corrected chi connectivity index (χ4v) is 4.50. The Kier molecular flexibility index (Phi) is 6.96. The van der Waals surface area contributed by atoms with Crippen molar-refractivity contribution in [1.29, 1.82) is 0 Å². The highest BCUT2D eigenvalue weighted by Crippen LogP contribution is 2.27. The predicted octanol–water partition coefficient (Wildman–Crippen LogP) is 2.51. The SMILES string of the molecule is Cc1ccc(N2CCC(C(=O)NCCC(=O)N3CCN(c4ccccc4)CC3)C2=O)cc1C. The van der Waals surface area contributed by atoms with Gasteiger partial charge in [0.15, 0.2) is 0 Å². The van der Waals surface area contributed by atoms with Gasteiger partial charge in [-0.1, -0.05) is 24.3 Å². The zero-order valence-corrected chi connectivity index (χ0v) is 19.4. The lowest BCUT2D eigenvalue weighted by Crippen LogP contribution is -2.49. The number of hydrogen-bond donors (Lipinski definition) is 1. The van der Waals surface area contributed by atoms with E-state index in [0.29, 0.717) is 26.1 Å². The molecule has 1 unspecified atom stereocenters. The van der Waals surface area contributed by atoms with Crippen molar-refractivity contribution < 1.29 is 14.4 Å². The van der Waals surface area contributed by atoms with Gasteiger partial charge in [-0.05, 0) is 55.7 Å². The molecule has 0 aliphatic carbocycles. The molecule has 0 spiro atoms. The minimum absolute atomic E-state index is 0.0394. The number of anilines is 2. The Labute approximate surface area is 195 Å². The van der Waals surface area contributed by atoms with Crippen molar-refractivity contribution in [2.75, 3.05) is 49.1 Å². The van der Waals surface area contributed by atoms with Gasteiger partial charge < -0.3 is 20.0 Å². The molecule has 0 saturated carbocycles. The standard InChI is InChI=1S/C26H32N4O3/c1-19-8-9-22(18-20(19)2)30-13-11-23(26(30)33)25(32)27-12-10-24(31)29-16-14-28(15-17-29)21-6-4-3-5-7-21/h3-9,18,23H,10-17H2,1-2H3,(H,27,32). The van der Waals surface area contributed by atoms with E-state index in [1.807, 2.05) is 55.1 Å². The summed E-state index contributed by atoms with van der Waals surface area (Å²) in [6.45, 7) is 7.78. The summed E-state index contributed by atoms with van der Waals surface area (Å²) in [5.41, 5.74) is 4.30. The largest absolute Gasteiger partial charge is 0.368 e. The maximum atomic E-state index is 12.8. The number of aryl methyl sites for hydroxylation is 2. The number of carbonyl (C=O) groups is 3. The van der Waals surface area contributed by atoms with Gasteiger partial charge in [0.25, 0.3) is 0 Å².